The van der Waals surface area contributed by atoms with Crippen LogP contribution in [0, 0.1) is 0 Å². The lowest BCUT2D eigenvalue weighted by molar-refractivity contribution is -0.112. The highest BCUT2D eigenvalue weighted by molar-refractivity contribution is 6.54. The lowest BCUT2D eigenvalue weighted by Crippen LogP contribution is -2.29. The Labute approximate surface area is 209 Å². The number of anilines is 2. The van der Waals surface area contributed by atoms with E-state index < -0.39 is 0 Å². The van der Waals surface area contributed by atoms with Gasteiger partial charge in [0.15, 0.2) is 0 Å². The molecule has 1 heterocycles. The molecule has 6 heteroatoms. The number of ether oxygens (including phenoxy) is 1. The van der Waals surface area contributed by atoms with Crippen molar-refractivity contribution in [3.8, 4) is 5.75 Å². The van der Waals surface area contributed by atoms with Gasteiger partial charge in [0, 0.05) is 16.8 Å². The van der Waals surface area contributed by atoms with Crippen molar-refractivity contribution in [3.05, 3.63) is 120 Å². The maximum absolute atomic E-state index is 13.3. The quantitative estimate of drug-likeness (QED) is 0.356. The normalized spacial score (nSPS) is 13.5. The Balaban J connectivity index is 1.33. The second kappa shape index (κ2) is 10.3. The standard InChI is InChI=1S/C30H25N3O3/c1-2-36-25-18-16-24(17-19-25)32-29(34)22-12-14-23(15-13-22)31-28-26-10-6-7-11-27(26)33(30(28)35)20-21-8-4-3-5-9-21/h3-19H,2,20H2,1H3,(H,32,34). The van der Waals surface area contributed by atoms with Gasteiger partial charge in [-0.3, -0.25) is 9.59 Å². The van der Waals surface area contributed by atoms with Gasteiger partial charge in [0.1, 0.15) is 11.5 Å². The molecule has 4 aromatic carbocycles. The van der Waals surface area contributed by atoms with Crippen LogP contribution in [0.2, 0.25) is 0 Å². The van der Waals surface area contributed by atoms with Crippen molar-refractivity contribution in [3.63, 3.8) is 0 Å². The number of nitrogens with one attached hydrogen (secondary N) is 1. The third-order valence-corrected chi connectivity index (χ3v) is 5.87. The fourth-order valence-electron chi connectivity index (χ4n) is 4.11. The second-order valence-electron chi connectivity index (χ2n) is 8.31. The maximum atomic E-state index is 13.3. The number of rotatable bonds is 7. The lowest BCUT2D eigenvalue weighted by Gasteiger charge is -2.16. The molecule has 0 bridgehead atoms. The summed E-state index contributed by atoms with van der Waals surface area (Å²) in [4.78, 5) is 32.4. The molecule has 0 saturated heterocycles. The number of nitrogens with zero attached hydrogens (tertiary/aromatic N) is 2. The van der Waals surface area contributed by atoms with Crippen molar-refractivity contribution in [1.29, 1.82) is 0 Å². The van der Waals surface area contributed by atoms with Crippen molar-refractivity contribution in [2.45, 2.75) is 13.5 Å². The van der Waals surface area contributed by atoms with E-state index in [-0.39, 0.29) is 11.8 Å². The zero-order valence-electron chi connectivity index (χ0n) is 19.8. The van der Waals surface area contributed by atoms with E-state index in [0.717, 1.165) is 22.6 Å². The van der Waals surface area contributed by atoms with Crippen molar-refractivity contribution in [1.82, 2.24) is 0 Å². The molecule has 0 spiro atoms. The fraction of sp³-hybridized carbons (Fsp3) is 0.100. The first kappa shape index (κ1) is 23.1. The Morgan fingerprint density at radius 1 is 0.861 bits per heavy atom. The summed E-state index contributed by atoms with van der Waals surface area (Å²) in [6, 6.07) is 31.7. The van der Waals surface area contributed by atoms with Crippen LogP contribution in [0.1, 0.15) is 28.4 Å². The van der Waals surface area contributed by atoms with E-state index >= 15 is 0 Å². The van der Waals surface area contributed by atoms with Crippen LogP contribution >= 0.6 is 0 Å². The van der Waals surface area contributed by atoms with E-state index in [1.807, 2.05) is 73.7 Å². The first-order valence-electron chi connectivity index (χ1n) is 11.8. The number of para-hydroxylation sites is 1. The van der Waals surface area contributed by atoms with Gasteiger partial charge >= 0.3 is 0 Å². The van der Waals surface area contributed by atoms with Gasteiger partial charge in [-0.15, -0.1) is 0 Å². The van der Waals surface area contributed by atoms with E-state index in [1.54, 1.807) is 41.3 Å². The summed E-state index contributed by atoms with van der Waals surface area (Å²) < 4.78 is 5.43. The molecule has 0 fully saturated rings. The van der Waals surface area contributed by atoms with Crippen LogP contribution in [-0.4, -0.2) is 24.1 Å². The van der Waals surface area contributed by atoms with Gasteiger partial charge in [-0.1, -0.05) is 48.5 Å². The molecule has 0 saturated carbocycles. The van der Waals surface area contributed by atoms with Gasteiger partial charge < -0.3 is 15.0 Å². The zero-order chi connectivity index (χ0) is 24.9. The molecule has 0 aromatic heterocycles. The van der Waals surface area contributed by atoms with Crippen molar-refractivity contribution >= 4 is 34.6 Å². The minimum atomic E-state index is -0.227. The molecule has 6 nitrogen and oxygen atoms in total. The van der Waals surface area contributed by atoms with Crippen LogP contribution in [0.3, 0.4) is 0 Å². The Bertz CT molecular complexity index is 1410. The number of fused-ring (bicyclic) bond motifs is 1. The number of hydrogen-bond donors (Lipinski definition) is 1. The molecule has 0 atom stereocenters. The van der Waals surface area contributed by atoms with Gasteiger partial charge in [0.05, 0.1) is 24.5 Å². The molecule has 5 rings (SSSR count). The second-order valence-corrected chi connectivity index (χ2v) is 8.31. The Morgan fingerprint density at radius 2 is 1.56 bits per heavy atom. The average molecular weight is 476 g/mol. The molecular weight excluding hydrogens is 450 g/mol. The smallest absolute Gasteiger partial charge is 0.277 e. The summed E-state index contributed by atoms with van der Waals surface area (Å²) in [7, 11) is 0. The molecule has 178 valence electrons. The molecule has 36 heavy (non-hydrogen) atoms. The van der Waals surface area contributed by atoms with E-state index in [4.69, 9.17) is 4.74 Å². The van der Waals surface area contributed by atoms with E-state index in [1.165, 1.54) is 0 Å². The summed E-state index contributed by atoms with van der Waals surface area (Å²) in [5.74, 6) is 0.386. The van der Waals surface area contributed by atoms with Crippen molar-refractivity contribution in [2.24, 2.45) is 4.99 Å². The molecule has 0 aliphatic carbocycles. The van der Waals surface area contributed by atoms with Gasteiger partial charge in [0.2, 0.25) is 0 Å². The number of carbonyl (C=O) groups is 2. The third-order valence-electron chi connectivity index (χ3n) is 5.87. The minimum Gasteiger partial charge on any atom is -0.494 e. The fourth-order valence-corrected chi connectivity index (χ4v) is 4.11. The zero-order valence-corrected chi connectivity index (χ0v) is 19.8. The van der Waals surface area contributed by atoms with Crippen LogP contribution in [-0.2, 0) is 11.3 Å². The first-order valence-corrected chi connectivity index (χ1v) is 11.8. The molecule has 1 aliphatic rings. The largest absolute Gasteiger partial charge is 0.494 e. The minimum absolute atomic E-state index is 0.141. The molecule has 0 unspecified atom stereocenters. The van der Waals surface area contributed by atoms with E-state index in [0.29, 0.717) is 35.8 Å². The van der Waals surface area contributed by atoms with Gasteiger partial charge in [0.25, 0.3) is 11.8 Å². The molecule has 1 aliphatic heterocycles. The summed E-state index contributed by atoms with van der Waals surface area (Å²) in [6.45, 7) is 2.98. The maximum Gasteiger partial charge on any atom is 0.277 e. The van der Waals surface area contributed by atoms with Crippen LogP contribution < -0.4 is 15.0 Å². The van der Waals surface area contributed by atoms with Crippen LogP contribution in [0.5, 0.6) is 5.75 Å². The highest BCUT2D eigenvalue weighted by Crippen LogP contribution is 2.32. The van der Waals surface area contributed by atoms with Gasteiger partial charge in [-0.05, 0) is 67.1 Å². The number of carbonyl (C=O) groups excluding carboxylic acids is 2. The molecule has 4 aromatic rings. The Hall–Kier alpha value is -4.71. The van der Waals surface area contributed by atoms with Crippen LogP contribution in [0.15, 0.2) is 108 Å². The van der Waals surface area contributed by atoms with Gasteiger partial charge in [-0.2, -0.15) is 0 Å². The predicted molar refractivity (Wildman–Crippen MR) is 142 cm³/mol. The average Bonchev–Trinajstić information content (AvgIpc) is 3.17. The lowest BCUT2D eigenvalue weighted by atomic mass is 10.1. The van der Waals surface area contributed by atoms with Crippen molar-refractivity contribution < 1.29 is 14.3 Å². The highest BCUT2D eigenvalue weighted by atomic mass is 16.5. The molecule has 1 N–H and O–H groups in total. The van der Waals surface area contributed by atoms with Crippen LogP contribution in [0.4, 0.5) is 17.1 Å². The van der Waals surface area contributed by atoms with Gasteiger partial charge in [-0.25, -0.2) is 4.99 Å². The first-order chi connectivity index (χ1) is 17.6. The van der Waals surface area contributed by atoms with Crippen LogP contribution in [0.25, 0.3) is 0 Å². The number of benzene rings is 4. The Kier molecular flexibility index (Phi) is 6.58. The number of amides is 2. The monoisotopic (exact) mass is 475 g/mol. The summed E-state index contributed by atoms with van der Waals surface area (Å²) in [5, 5.41) is 2.88. The van der Waals surface area contributed by atoms with E-state index in [9.17, 15) is 9.59 Å². The summed E-state index contributed by atoms with van der Waals surface area (Å²) in [5.41, 5.74) is 4.87. The Morgan fingerprint density at radius 3 is 2.28 bits per heavy atom. The SMILES string of the molecule is CCOc1ccc(NC(=O)c2ccc(N=C3C(=O)N(Cc4ccccc4)c4ccccc43)cc2)cc1. The number of aliphatic imine (C=N–C) groups is 1. The number of hydrogen-bond acceptors (Lipinski definition) is 4. The molecular formula is C30H25N3O3. The summed E-state index contributed by atoms with van der Waals surface area (Å²) >= 11 is 0. The molecule has 2 amide bonds. The summed E-state index contributed by atoms with van der Waals surface area (Å²) in [6.07, 6.45) is 0. The topological polar surface area (TPSA) is 71.0 Å². The third kappa shape index (κ3) is 4.88. The molecule has 0 radical (unpaired) electrons. The predicted octanol–water partition coefficient (Wildman–Crippen LogP) is 6.01. The highest BCUT2D eigenvalue weighted by Gasteiger charge is 2.33. The van der Waals surface area contributed by atoms with Crippen molar-refractivity contribution in [2.75, 3.05) is 16.8 Å². The van der Waals surface area contributed by atoms with E-state index in [2.05, 4.69) is 10.3 Å².